The lowest BCUT2D eigenvalue weighted by Crippen LogP contribution is -2.07. The van der Waals surface area contributed by atoms with Crippen LogP contribution >= 0.6 is 11.6 Å². The molecule has 1 unspecified atom stereocenters. The van der Waals surface area contributed by atoms with Crippen LogP contribution in [0.3, 0.4) is 0 Å². The van der Waals surface area contributed by atoms with Gasteiger partial charge in [-0.1, -0.05) is 0 Å². The van der Waals surface area contributed by atoms with Crippen LogP contribution in [0, 0.1) is 11.6 Å². The molecule has 0 spiro atoms. The zero-order valence-corrected chi connectivity index (χ0v) is 9.56. The minimum absolute atomic E-state index is 0.00677. The summed E-state index contributed by atoms with van der Waals surface area (Å²) in [5.41, 5.74) is 0.00677. The van der Waals surface area contributed by atoms with E-state index in [4.69, 9.17) is 11.6 Å². The second kappa shape index (κ2) is 6.81. The second-order valence-corrected chi connectivity index (χ2v) is 3.91. The van der Waals surface area contributed by atoms with Crippen molar-refractivity contribution in [3.8, 4) is 0 Å². The highest BCUT2D eigenvalue weighted by atomic mass is 35.5. The third kappa shape index (κ3) is 4.91. The maximum Gasteiger partial charge on any atom is 0.261 e. The van der Waals surface area contributed by atoms with Crippen molar-refractivity contribution < 1.29 is 22.3 Å². The summed E-state index contributed by atoms with van der Waals surface area (Å²) in [7, 11) is 0. The van der Waals surface area contributed by atoms with Crippen molar-refractivity contribution in [2.75, 3.05) is 13.2 Å². The number of halogens is 5. The van der Waals surface area contributed by atoms with Crippen molar-refractivity contribution in [2.24, 2.45) is 0 Å². The number of hydrogen-bond donors (Lipinski definition) is 0. The largest absolute Gasteiger partial charge is 0.375 e. The molecule has 0 aliphatic rings. The Morgan fingerprint density at radius 3 is 2.59 bits per heavy atom. The van der Waals surface area contributed by atoms with Gasteiger partial charge in [0.1, 0.15) is 18.2 Å². The molecule has 6 heteroatoms. The highest BCUT2D eigenvalue weighted by Crippen LogP contribution is 2.27. The summed E-state index contributed by atoms with van der Waals surface area (Å²) < 4.78 is 54.2. The van der Waals surface area contributed by atoms with Gasteiger partial charge in [0.15, 0.2) is 0 Å². The molecule has 96 valence electrons. The summed E-state index contributed by atoms with van der Waals surface area (Å²) in [6.45, 7) is -0.719. The van der Waals surface area contributed by atoms with Gasteiger partial charge in [0, 0.05) is 12.2 Å². The van der Waals surface area contributed by atoms with E-state index in [0.29, 0.717) is 0 Å². The number of alkyl halides is 3. The molecule has 1 rings (SSSR count). The van der Waals surface area contributed by atoms with Gasteiger partial charge in [-0.25, -0.2) is 17.6 Å². The molecule has 0 heterocycles. The number of benzene rings is 1. The molecular formula is C11H11ClF4O. The minimum atomic E-state index is -2.55. The third-order valence-electron chi connectivity index (χ3n) is 2.05. The van der Waals surface area contributed by atoms with Gasteiger partial charge in [0.2, 0.25) is 0 Å². The SMILES string of the molecule is Fc1ccc(F)c(C(Cl)CCOCC(F)F)c1. The Bertz CT molecular complexity index is 359. The minimum Gasteiger partial charge on any atom is -0.375 e. The van der Waals surface area contributed by atoms with E-state index in [1.165, 1.54) is 0 Å². The molecule has 0 radical (unpaired) electrons. The molecule has 1 atom stereocenters. The van der Waals surface area contributed by atoms with E-state index in [1.807, 2.05) is 0 Å². The third-order valence-corrected chi connectivity index (χ3v) is 2.51. The summed E-state index contributed by atoms with van der Waals surface area (Å²) in [6, 6.07) is 2.94. The lowest BCUT2D eigenvalue weighted by Gasteiger charge is -2.11. The van der Waals surface area contributed by atoms with E-state index in [9.17, 15) is 17.6 Å². The molecule has 0 saturated heterocycles. The molecule has 1 aromatic carbocycles. The van der Waals surface area contributed by atoms with Crippen LogP contribution < -0.4 is 0 Å². The first kappa shape index (κ1) is 14.3. The molecule has 0 aliphatic heterocycles. The van der Waals surface area contributed by atoms with Crippen molar-refractivity contribution in [1.29, 1.82) is 0 Å². The lowest BCUT2D eigenvalue weighted by atomic mass is 10.1. The normalized spacial score (nSPS) is 13.1. The maximum absolute atomic E-state index is 13.2. The number of rotatable bonds is 6. The van der Waals surface area contributed by atoms with E-state index < -0.39 is 30.0 Å². The first-order valence-electron chi connectivity index (χ1n) is 4.95. The topological polar surface area (TPSA) is 9.23 Å². The quantitative estimate of drug-likeness (QED) is 0.432. The fourth-order valence-electron chi connectivity index (χ4n) is 1.27. The second-order valence-electron chi connectivity index (χ2n) is 3.39. The molecule has 0 N–H and O–H groups in total. The zero-order chi connectivity index (χ0) is 12.8. The average molecular weight is 271 g/mol. The van der Waals surface area contributed by atoms with Crippen molar-refractivity contribution in [1.82, 2.24) is 0 Å². The lowest BCUT2D eigenvalue weighted by molar-refractivity contribution is 0.0165. The molecule has 17 heavy (non-hydrogen) atoms. The van der Waals surface area contributed by atoms with Crippen molar-refractivity contribution in [3.63, 3.8) is 0 Å². The van der Waals surface area contributed by atoms with Crippen molar-refractivity contribution >= 4 is 11.6 Å². The molecule has 0 fully saturated rings. The smallest absolute Gasteiger partial charge is 0.261 e. The highest BCUT2D eigenvalue weighted by molar-refractivity contribution is 6.20. The number of hydrogen-bond acceptors (Lipinski definition) is 1. The summed E-state index contributed by atoms with van der Waals surface area (Å²) in [5, 5.41) is -0.802. The molecule has 0 aromatic heterocycles. The van der Waals surface area contributed by atoms with Crippen molar-refractivity contribution in [2.45, 2.75) is 18.2 Å². The summed E-state index contributed by atoms with van der Waals surface area (Å²) in [4.78, 5) is 0. The van der Waals surface area contributed by atoms with E-state index >= 15 is 0 Å². The first-order valence-corrected chi connectivity index (χ1v) is 5.39. The molecule has 1 nitrogen and oxygen atoms in total. The van der Waals surface area contributed by atoms with Gasteiger partial charge in [0.25, 0.3) is 6.43 Å². The van der Waals surface area contributed by atoms with Crippen LogP contribution in [0.1, 0.15) is 17.4 Å². The Balaban J connectivity index is 2.46. The monoisotopic (exact) mass is 270 g/mol. The Kier molecular flexibility index (Phi) is 5.71. The average Bonchev–Trinajstić information content (AvgIpc) is 2.27. The van der Waals surface area contributed by atoms with Gasteiger partial charge in [-0.15, -0.1) is 11.6 Å². The van der Waals surface area contributed by atoms with Crippen LogP contribution in [0.5, 0.6) is 0 Å². The van der Waals surface area contributed by atoms with Gasteiger partial charge < -0.3 is 4.74 Å². The molecule has 0 amide bonds. The molecule has 1 aromatic rings. The van der Waals surface area contributed by atoms with Gasteiger partial charge in [-0.05, 0) is 24.6 Å². The predicted molar refractivity (Wildman–Crippen MR) is 56.4 cm³/mol. The zero-order valence-electron chi connectivity index (χ0n) is 8.81. The van der Waals surface area contributed by atoms with Gasteiger partial charge in [-0.3, -0.25) is 0 Å². The van der Waals surface area contributed by atoms with Crippen LogP contribution in [-0.4, -0.2) is 19.6 Å². The predicted octanol–water partition coefficient (Wildman–Crippen LogP) is 3.92. The van der Waals surface area contributed by atoms with Crippen LogP contribution in [0.25, 0.3) is 0 Å². The molecule has 0 bridgehead atoms. The molecule has 0 aliphatic carbocycles. The summed E-state index contributed by atoms with van der Waals surface area (Å²) >= 11 is 5.82. The fraction of sp³-hybridized carbons (Fsp3) is 0.455. The summed E-state index contributed by atoms with van der Waals surface area (Å²) in [6.07, 6.45) is -2.41. The van der Waals surface area contributed by atoms with Crippen LogP contribution in [0.15, 0.2) is 18.2 Å². The van der Waals surface area contributed by atoms with Gasteiger partial charge >= 0.3 is 0 Å². The first-order chi connectivity index (χ1) is 8.00. The fourth-order valence-corrected chi connectivity index (χ4v) is 1.53. The van der Waals surface area contributed by atoms with Gasteiger partial charge in [-0.2, -0.15) is 0 Å². The number of ether oxygens (including phenoxy) is 1. The molecule has 0 saturated carbocycles. The maximum atomic E-state index is 13.2. The standard InChI is InChI=1S/C11H11ClF4O/c12-9(3-4-17-6-11(15)16)8-5-7(13)1-2-10(8)14/h1-2,5,9,11H,3-4,6H2. The Labute approximate surface area is 101 Å². The Morgan fingerprint density at radius 2 is 1.94 bits per heavy atom. The Morgan fingerprint density at radius 1 is 1.24 bits per heavy atom. The van der Waals surface area contributed by atoms with Crippen LogP contribution in [0.2, 0.25) is 0 Å². The van der Waals surface area contributed by atoms with E-state index in [1.54, 1.807) is 0 Å². The summed E-state index contributed by atoms with van der Waals surface area (Å²) in [5.74, 6) is -1.22. The van der Waals surface area contributed by atoms with E-state index in [0.717, 1.165) is 18.2 Å². The van der Waals surface area contributed by atoms with Crippen molar-refractivity contribution in [3.05, 3.63) is 35.4 Å². The Hall–Kier alpha value is -0.810. The van der Waals surface area contributed by atoms with Crippen LogP contribution in [0.4, 0.5) is 17.6 Å². The van der Waals surface area contributed by atoms with E-state index in [2.05, 4.69) is 4.74 Å². The van der Waals surface area contributed by atoms with Gasteiger partial charge in [0.05, 0.1) is 5.38 Å². The highest BCUT2D eigenvalue weighted by Gasteiger charge is 2.14. The van der Waals surface area contributed by atoms with Crippen LogP contribution in [-0.2, 0) is 4.74 Å². The molecular weight excluding hydrogens is 260 g/mol. The van der Waals surface area contributed by atoms with E-state index in [-0.39, 0.29) is 18.6 Å².